The van der Waals surface area contributed by atoms with Crippen LogP contribution in [-0.2, 0) is 4.74 Å². The van der Waals surface area contributed by atoms with Gasteiger partial charge >= 0.3 is 0 Å². The van der Waals surface area contributed by atoms with Crippen LogP contribution in [0.2, 0.25) is 0 Å². The highest BCUT2D eigenvalue weighted by Crippen LogP contribution is 2.53. The Morgan fingerprint density at radius 1 is 1.58 bits per heavy atom. The minimum atomic E-state index is 0.517. The second-order valence-electron chi connectivity index (χ2n) is 4.23. The summed E-state index contributed by atoms with van der Waals surface area (Å²) in [5.74, 6) is 0.914. The van der Waals surface area contributed by atoms with Crippen molar-refractivity contribution in [2.45, 2.75) is 32.3 Å². The molecule has 0 aromatic rings. The van der Waals surface area contributed by atoms with E-state index in [4.69, 9.17) is 4.74 Å². The Labute approximate surface area is 74.7 Å². The fourth-order valence-electron chi connectivity index (χ4n) is 3.09. The molecule has 1 saturated carbocycles. The number of nitrogens with one attached hydrogen (secondary N) is 1. The molecule has 1 saturated heterocycles. The average molecular weight is 169 g/mol. The van der Waals surface area contributed by atoms with Gasteiger partial charge in [-0.15, -0.1) is 0 Å². The zero-order valence-corrected chi connectivity index (χ0v) is 8.10. The molecule has 3 unspecified atom stereocenters. The first-order valence-corrected chi connectivity index (χ1v) is 5.07. The highest BCUT2D eigenvalue weighted by Gasteiger charge is 2.55. The van der Waals surface area contributed by atoms with Crippen molar-refractivity contribution < 1.29 is 4.74 Å². The summed E-state index contributed by atoms with van der Waals surface area (Å²) in [6.45, 7) is 4.68. The molecule has 1 aliphatic carbocycles. The van der Waals surface area contributed by atoms with E-state index in [-0.39, 0.29) is 0 Å². The van der Waals surface area contributed by atoms with E-state index in [2.05, 4.69) is 12.2 Å². The van der Waals surface area contributed by atoms with E-state index in [1.807, 2.05) is 7.11 Å². The van der Waals surface area contributed by atoms with Gasteiger partial charge in [0.15, 0.2) is 0 Å². The molecule has 12 heavy (non-hydrogen) atoms. The van der Waals surface area contributed by atoms with Gasteiger partial charge in [-0.05, 0) is 25.3 Å². The van der Waals surface area contributed by atoms with Crippen LogP contribution < -0.4 is 5.32 Å². The Morgan fingerprint density at radius 3 is 2.92 bits per heavy atom. The molecule has 0 radical (unpaired) electrons. The van der Waals surface area contributed by atoms with Crippen LogP contribution >= 0.6 is 0 Å². The summed E-state index contributed by atoms with van der Waals surface area (Å²) in [5.41, 5.74) is 0.517. The van der Waals surface area contributed by atoms with Crippen LogP contribution in [0, 0.1) is 11.3 Å². The molecule has 2 aliphatic rings. The molecule has 2 nitrogen and oxygen atoms in total. The normalized spacial score (nSPS) is 46.5. The Hall–Kier alpha value is -0.0800. The third kappa shape index (κ3) is 0.944. The molecule has 1 N–H and O–H groups in total. The highest BCUT2D eigenvalue weighted by atomic mass is 16.5. The lowest BCUT2D eigenvalue weighted by molar-refractivity contribution is -0.131. The van der Waals surface area contributed by atoms with Crippen LogP contribution in [0.25, 0.3) is 0 Å². The molecule has 0 aromatic carbocycles. The summed E-state index contributed by atoms with van der Waals surface area (Å²) in [7, 11) is 1.86. The quantitative estimate of drug-likeness (QED) is 0.675. The monoisotopic (exact) mass is 169 g/mol. The minimum Gasteiger partial charge on any atom is -0.381 e. The maximum Gasteiger partial charge on any atom is 0.0645 e. The molecule has 0 aromatic heterocycles. The number of rotatable bonds is 2. The SMILES string of the molecule is CCC1CC(OC)C12CCNC2. The van der Waals surface area contributed by atoms with E-state index in [1.165, 1.54) is 32.4 Å². The van der Waals surface area contributed by atoms with E-state index in [0.29, 0.717) is 11.5 Å². The molecule has 2 fully saturated rings. The average Bonchev–Trinajstić information content (AvgIpc) is 2.54. The lowest BCUT2D eigenvalue weighted by Crippen LogP contribution is -2.55. The van der Waals surface area contributed by atoms with Gasteiger partial charge in [-0.1, -0.05) is 13.3 Å². The molecular formula is C10H19NO. The predicted molar refractivity (Wildman–Crippen MR) is 49.1 cm³/mol. The maximum absolute atomic E-state index is 5.52. The summed E-state index contributed by atoms with van der Waals surface area (Å²) in [4.78, 5) is 0. The van der Waals surface area contributed by atoms with Gasteiger partial charge in [-0.25, -0.2) is 0 Å². The smallest absolute Gasteiger partial charge is 0.0645 e. The lowest BCUT2D eigenvalue weighted by atomic mass is 9.56. The number of methoxy groups -OCH3 is 1. The van der Waals surface area contributed by atoms with Crippen molar-refractivity contribution in [2.24, 2.45) is 11.3 Å². The second-order valence-corrected chi connectivity index (χ2v) is 4.23. The molecular weight excluding hydrogens is 150 g/mol. The standard InChI is InChI=1S/C10H19NO/c1-3-8-6-9(12-2)10(8)4-5-11-7-10/h8-9,11H,3-7H2,1-2H3. The van der Waals surface area contributed by atoms with E-state index < -0.39 is 0 Å². The minimum absolute atomic E-state index is 0.517. The van der Waals surface area contributed by atoms with Gasteiger partial charge in [0.2, 0.25) is 0 Å². The first-order chi connectivity index (χ1) is 5.83. The van der Waals surface area contributed by atoms with Gasteiger partial charge in [0.1, 0.15) is 0 Å². The van der Waals surface area contributed by atoms with Gasteiger partial charge in [0.25, 0.3) is 0 Å². The molecule has 2 rings (SSSR count). The fourth-order valence-corrected chi connectivity index (χ4v) is 3.09. The van der Waals surface area contributed by atoms with Gasteiger partial charge in [0, 0.05) is 19.1 Å². The first-order valence-electron chi connectivity index (χ1n) is 5.07. The van der Waals surface area contributed by atoms with Crippen molar-refractivity contribution in [2.75, 3.05) is 20.2 Å². The Balaban J connectivity index is 2.07. The van der Waals surface area contributed by atoms with E-state index >= 15 is 0 Å². The zero-order chi connectivity index (χ0) is 8.60. The molecule has 1 heterocycles. The summed E-state index contributed by atoms with van der Waals surface area (Å²) in [6, 6.07) is 0. The van der Waals surface area contributed by atoms with Crippen LogP contribution in [0.3, 0.4) is 0 Å². The van der Waals surface area contributed by atoms with Crippen LogP contribution in [0.4, 0.5) is 0 Å². The third-order valence-corrected chi connectivity index (χ3v) is 3.95. The van der Waals surface area contributed by atoms with Crippen LogP contribution in [0.15, 0.2) is 0 Å². The maximum atomic E-state index is 5.52. The molecule has 3 atom stereocenters. The van der Waals surface area contributed by atoms with Crippen molar-refractivity contribution in [1.82, 2.24) is 5.32 Å². The van der Waals surface area contributed by atoms with Crippen LogP contribution in [0.5, 0.6) is 0 Å². The largest absolute Gasteiger partial charge is 0.381 e. The van der Waals surface area contributed by atoms with Crippen LogP contribution in [0.1, 0.15) is 26.2 Å². The fraction of sp³-hybridized carbons (Fsp3) is 1.00. The number of hydrogen-bond acceptors (Lipinski definition) is 2. The van der Waals surface area contributed by atoms with Gasteiger partial charge < -0.3 is 10.1 Å². The molecule has 0 bridgehead atoms. The van der Waals surface area contributed by atoms with Crippen molar-refractivity contribution in [1.29, 1.82) is 0 Å². The van der Waals surface area contributed by atoms with Crippen molar-refractivity contribution in [3.05, 3.63) is 0 Å². The van der Waals surface area contributed by atoms with Crippen molar-refractivity contribution >= 4 is 0 Å². The molecule has 2 heteroatoms. The van der Waals surface area contributed by atoms with E-state index in [0.717, 1.165) is 5.92 Å². The Bertz CT molecular complexity index is 151. The Morgan fingerprint density at radius 2 is 2.42 bits per heavy atom. The van der Waals surface area contributed by atoms with Crippen molar-refractivity contribution in [3.63, 3.8) is 0 Å². The first kappa shape index (κ1) is 8.52. The molecule has 0 amide bonds. The highest BCUT2D eigenvalue weighted by molar-refractivity contribution is 5.07. The third-order valence-electron chi connectivity index (χ3n) is 3.95. The van der Waals surface area contributed by atoms with Gasteiger partial charge in [0.05, 0.1) is 6.10 Å². The number of ether oxygens (including phenoxy) is 1. The number of hydrogen-bond donors (Lipinski definition) is 1. The summed E-state index contributed by atoms with van der Waals surface area (Å²) in [5, 5.41) is 3.46. The molecule has 1 aliphatic heterocycles. The zero-order valence-electron chi connectivity index (χ0n) is 8.10. The second kappa shape index (κ2) is 3.00. The Kier molecular flexibility index (Phi) is 2.13. The summed E-state index contributed by atoms with van der Waals surface area (Å²) in [6.07, 6.45) is 4.47. The van der Waals surface area contributed by atoms with E-state index in [9.17, 15) is 0 Å². The van der Waals surface area contributed by atoms with E-state index in [1.54, 1.807) is 0 Å². The van der Waals surface area contributed by atoms with Crippen molar-refractivity contribution in [3.8, 4) is 0 Å². The van der Waals surface area contributed by atoms with Crippen LogP contribution in [-0.4, -0.2) is 26.3 Å². The lowest BCUT2D eigenvalue weighted by Gasteiger charge is -2.53. The predicted octanol–water partition coefficient (Wildman–Crippen LogP) is 1.41. The molecule has 1 spiro atoms. The molecule has 70 valence electrons. The summed E-state index contributed by atoms with van der Waals surface area (Å²) < 4.78 is 5.52. The summed E-state index contributed by atoms with van der Waals surface area (Å²) >= 11 is 0. The van der Waals surface area contributed by atoms with Gasteiger partial charge in [-0.3, -0.25) is 0 Å². The van der Waals surface area contributed by atoms with Gasteiger partial charge in [-0.2, -0.15) is 0 Å². The topological polar surface area (TPSA) is 21.3 Å².